The lowest BCUT2D eigenvalue weighted by atomic mass is 10.1. The molecule has 6 nitrogen and oxygen atoms in total. The maximum absolute atomic E-state index is 12.3. The van der Waals surface area contributed by atoms with Crippen molar-refractivity contribution in [1.82, 2.24) is 15.1 Å². The van der Waals surface area contributed by atoms with Crippen molar-refractivity contribution in [3.05, 3.63) is 41.0 Å². The van der Waals surface area contributed by atoms with Crippen LogP contribution in [0.4, 0.5) is 0 Å². The molecule has 8 heteroatoms. The molecule has 0 saturated carbocycles. The van der Waals surface area contributed by atoms with Crippen molar-refractivity contribution in [3.8, 4) is 11.3 Å². The molecule has 0 aliphatic carbocycles. The quantitative estimate of drug-likeness (QED) is 0.909. The second-order valence-corrected chi connectivity index (χ2v) is 8.28. The summed E-state index contributed by atoms with van der Waals surface area (Å²) in [6, 6.07) is 8.53. The summed E-state index contributed by atoms with van der Waals surface area (Å²) in [5.74, 6) is -0.192. The number of aromatic nitrogens is 2. The van der Waals surface area contributed by atoms with Crippen LogP contribution in [-0.2, 0) is 16.9 Å². The van der Waals surface area contributed by atoms with Gasteiger partial charge in [0.25, 0.3) is 5.91 Å². The van der Waals surface area contributed by atoms with E-state index >= 15 is 0 Å². The van der Waals surface area contributed by atoms with E-state index in [1.807, 2.05) is 12.1 Å². The number of amides is 1. The third kappa shape index (κ3) is 3.56. The highest BCUT2D eigenvalue weighted by atomic mass is 35.5. The number of nitrogens with one attached hydrogen (secondary N) is 1. The lowest BCUT2D eigenvalue weighted by molar-refractivity contribution is 0.0931. The first kappa shape index (κ1) is 16.0. The molecule has 1 aromatic heterocycles. The zero-order chi connectivity index (χ0) is 16.6. The van der Waals surface area contributed by atoms with Crippen LogP contribution in [0.2, 0.25) is 5.02 Å². The minimum atomic E-state index is -3.02. The lowest BCUT2D eigenvalue weighted by Gasteiger charge is -2.10. The number of benzene rings is 1. The zero-order valence-electron chi connectivity index (χ0n) is 12.5. The van der Waals surface area contributed by atoms with Gasteiger partial charge in [-0.25, -0.2) is 8.42 Å². The van der Waals surface area contributed by atoms with Crippen molar-refractivity contribution < 1.29 is 13.2 Å². The summed E-state index contributed by atoms with van der Waals surface area (Å²) in [5, 5.41) is 7.72. The maximum atomic E-state index is 12.3. The van der Waals surface area contributed by atoms with Gasteiger partial charge in [-0.05, 0) is 24.6 Å². The van der Waals surface area contributed by atoms with Gasteiger partial charge in [0.2, 0.25) is 0 Å². The Kier molecular flexibility index (Phi) is 4.16. The van der Waals surface area contributed by atoms with Gasteiger partial charge < -0.3 is 5.32 Å². The van der Waals surface area contributed by atoms with Crippen LogP contribution in [0, 0.1) is 0 Å². The summed E-state index contributed by atoms with van der Waals surface area (Å²) < 4.78 is 24.4. The SMILES string of the molecule is Cn1nc(-c2ccc(Cl)cc2)cc1C(=O)NC1CCS(=O)(=O)C1. The van der Waals surface area contributed by atoms with E-state index in [-0.39, 0.29) is 23.5 Å². The summed E-state index contributed by atoms with van der Waals surface area (Å²) >= 11 is 5.87. The van der Waals surface area contributed by atoms with Gasteiger partial charge >= 0.3 is 0 Å². The molecule has 2 aromatic rings. The Morgan fingerprint density at radius 2 is 2.04 bits per heavy atom. The third-order valence-corrected chi connectivity index (χ3v) is 5.84. The zero-order valence-corrected chi connectivity index (χ0v) is 14.1. The average Bonchev–Trinajstić information content (AvgIpc) is 3.02. The van der Waals surface area contributed by atoms with E-state index in [4.69, 9.17) is 11.6 Å². The van der Waals surface area contributed by atoms with Crippen LogP contribution < -0.4 is 5.32 Å². The molecule has 1 aromatic carbocycles. The molecule has 1 fully saturated rings. The van der Waals surface area contributed by atoms with E-state index in [9.17, 15) is 13.2 Å². The van der Waals surface area contributed by atoms with E-state index < -0.39 is 9.84 Å². The molecule has 1 aliphatic rings. The van der Waals surface area contributed by atoms with E-state index in [0.717, 1.165) is 5.56 Å². The molecule has 0 spiro atoms. The van der Waals surface area contributed by atoms with Gasteiger partial charge in [0.1, 0.15) is 5.69 Å². The van der Waals surface area contributed by atoms with Gasteiger partial charge in [0.05, 0.1) is 17.2 Å². The third-order valence-electron chi connectivity index (χ3n) is 3.82. The maximum Gasteiger partial charge on any atom is 0.269 e. The molecule has 1 atom stereocenters. The van der Waals surface area contributed by atoms with Crippen molar-refractivity contribution in [2.24, 2.45) is 7.05 Å². The van der Waals surface area contributed by atoms with E-state index in [1.54, 1.807) is 25.2 Å². The van der Waals surface area contributed by atoms with Gasteiger partial charge in [-0.2, -0.15) is 5.10 Å². The highest BCUT2D eigenvalue weighted by molar-refractivity contribution is 7.91. The topological polar surface area (TPSA) is 81.1 Å². The lowest BCUT2D eigenvalue weighted by Crippen LogP contribution is -2.36. The fraction of sp³-hybridized carbons (Fsp3) is 0.333. The van der Waals surface area contributed by atoms with Crippen LogP contribution in [0.15, 0.2) is 30.3 Å². The van der Waals surface area contributed by atoms with Gasteiger partial charge in [0.15, 0.2) is 9.84 Å². The van der Waals surface area contributed by atoms with Crippen LogP contribution in [0.5, 0.6) is 0 Å². The minimum absolute atomic E-state index is 0.000628. The molecule has 23 heavy (non-hydrogen) atoms. The number of hydrogen-bond donors (Lipinski definition) is 1. The number of hydrogen-bond acceptors (Lipinski definition) is 4. The van der Waals surface area contributed by atoms with Crippen molar-refractivity contribution >= 4 is 27.3 Å². The number of sulfone groups is 1. The Morgan fingerprint density at radius 3 is 2.65 bits per heavy atom. The number of carbonyl (C=O) groups is 1. The molecule has 1 unspecified atom stereocenters. The number of halogens is 1. The molecule has 0 radical (unpaired) electrons. The molecule has 122 valence electrons. The normalized spacial score (nSPS) is 19.7. The van der Waals surface area contributed by atoms with Gasteiger partial charge in [-0.3, -0.25) is 9.48 Å². The summed E-state index contributed by atoms with van der Waals surface area (Å²) in [6.07, 6.45) is 0.454. The van der Waals surface area contributed by atoms with E-state index in [0.29, 0.717) is 22.8 Å². The van der Waals surface area contributed by atoms with Crippen molar-refractivity contribution in [1.29, 1.82) is 0 Å². The second-order valence-electron chi connectivity index (χ2n) is 5.62. The van der Waals surface area contributed by atoms with Crippen LogP contribution in [-0.4, -0.2) is 41.7 Å². The van der Waals surface area contributed by atoms with Crippen molar-refractivity contribution in [3.63, 3.8) is 0 Å². The molecular formula is C15H16ClN3O3S. The predicted molar refractivity (Wildman–Crippen MR) is 88.2 cm³/mol. The fourth-order valence-corrected chi connectivity index (χ4v) is 4.41. The predicted octanol–water partition coefficient (Wildman–Crippen LogP) is 1.66. The molecule has 1 N–H and O–H groups in total. The summed E-state index contributed by atoms with van der Waals surface area (Å²) in [7, 11) is -1.34. The summed E-state index contributed by atoms with van der Waals surface area (Å²) in [6.45, 7) is 0. The molecule has 2 heterocycles. The number of aryl methyl sites for hydroxylation is 1. The minimum Gasteiger partial charge on any atom is -0.347 e. The Balaban J connectivity index is 1.78. The molecule has 1 aliphatic heterocycles. The van der Waals surface area contributed by atoms with Crippen LogP contribution in [0.25, 0.3) is 11.3 Å². The summed E-state index contributed by atoms with van der Waals surface area (Å²) in [4.78, 5) is 12.3. The van der Waals surface area contributed by atoms with Crippen LogP contribution in [0.3, 0.4) is 0 Å². The Bertz CT molecular complexity index is 843. The number of rotatable bonds is 3. The number of nitrogens with zero attached hydrogens (tertiary/aromatic N) is 2. The average molecular weight is 354 g/mol. The van der Waals surface area contributed by atoms with Crippen LogP contribution in [0.1, 0.15) is 16.9 Å². The van der Waals surface area contributed by atoms with Crippen LogP contribution >= 0.6 is 11.6 Å². The first-order valence-electron chi connectivity index (χ1n) is 7.15. The molecule has 1 amide bonds. The van der Waals surface area contributed by atoms with Gasteiger partial charge in [-0.15, -0.1) is 0 Å². The van der Waals surface area contributed by atoms with Gasteiger partial charge in [0, 0.05) is 23.7 Å². The van der Waals surface area contributed by atoms with Crippen molar-refractivity contribution in [2.45, 2.75) is 12.5 Å². The first-order valence-corrected chi connectivity index (χ1v) is 9.35. The monoisotopic (exact) mass is 353 g/mol. The molecule has 1 saturated heterocycles. The molecule has 3 rings (SSSR count). The Hall–Kier alpha value is -1.86. The largest absolute Gasteiger partial charge is 0.347 e. The standard InChI is InChI=1S/C15H16ClN3O3S/c1-19-14(15(20)17-12-6-7-23(21,22)9-12)8-13(18-19)10-2-4-11(16)5-3-10/h2-5,8,12H,6-7,9H2,1H3,(H,17,20). The Labute approximate surface area is 139 Å². The molecular weight excluding hydrogens is 338 g/mol. The highest BCUT2D eigenvalue weighted by Gasteiger charge is 2.29. The van der Waals surface area contributed by atoms with Crippen molar-refractivity contribution in [2.75, 3.05) is 11.5 Å². The van der Waals surface area contributed by atoms with E-state index in [2.05, 4.69) is 10.4 Å². The molecule has 0 bridgehead atoms. The smallest absolute Gasteiger partial charge is 0.269 e. The second kappa shape index (κ2) is 5.98. The number of carbonyl (C=O) groups excluding carboxylic acids is 1. The first-order chi connectivity index (χ1) is 10.8. The van der Waals surface area contributed by atoms with Gasteiger partial charge in [-0.1, -0.05) is 23.7 Å². The highest BCUT2D eigenvalue weighted by Crippen LogP contribution is 2.21. The van der Waals surface area contributed by atoms with E-state index in [1.165, 1.54) is 4.68 Å². The summed E-state index contributed by atoms with van der Waals surface area (Å²) in [5.41, 5.74) is 1.90. The fourth-order valence-electron chi connectivity index (χ4n) is 2.61. The Morgan fingerprint density at radius 1 is 1.35 bits per heavy atom.